The molecule has 0 saturated carbocycles. The first-order chi connectivity index (χ1) is 14.0. The number of furan rings is 1. The molecule has 0 atom stereocenters. The first-order valence-electron chi connectivity index (χ1n) is 8.96. The molecule has 1 aromatic carbocycles. The van der Waals surface area contributed by atoms with Crippen LogP contribution in [-0.4, -0.2) is 29.0 Å². The molecule has 0 aliphatic heterocycles. The molecule has 3 rings (SSSR count). The van der Waals surface area contributed by atoms with Crippen LogP contribution in [0.15, 0.2) is 59.2 Å². The Balaban J connectivity index is 1.52. The quantitative estimate of drug-likeness (QED) is 0.493. The van der Waals surface area contributed by atoms with Gasteiger partial charge < -0.3 is 13.7 Å². The van der Waals surface area contributed by atoms with Crippen molar-refractivity contribution in [2.24, 2.45) is 0 Å². The summed E-state index contributed by atoms with van der Waals surface area (Å²) in [5.41, 5.74) is 6.83. The van der Waals surface area contributed by atoms with Gasteiger partial charge in [-0.25, -0.2) is 4.79 Å². The normalized spacial score (nSPS) is 10.4. The number of hydrogen-bond acceptors (Lipinski definition) is 5. The standard InChI is InChI=1S/C21H21N3O5/c1-14-11-18(15(2)24(14)12-17-9-6-10-28-17)21(27)29-13-19(25)22-23-20(26)16-7-4-3-5-8-16/h3-11H,12-13H2,1-2H3,(H,22,25)(H,23,26). The number of carbonyl (C=O) groups excluding carboxylic acids is 3. The number of aryl methyl sites for hydroxylation is 1. The third-order valence-electron chi connectivity index (χ3n) is 4.37. The van der Waals surface area contributed by atoms with Gasteiger partial charge in [0.05, 0.1) is 18.4 Å². The predicted molar refractivity (Wildman–Crippen MR) is 104 cm³/mol. The SMILES string of the molecule is Cc1cc(C(=O)OCC(=O)NNC(=O)c2ccccc2)c(C)n1Cc1ccco1. The Kier molecular flexibility index (Phi) is 6.13. The van der Waals surface area contributed by atoms with E-state index in [1.54, 1.807) is 55.7 Å². The number of esters is 1. The minimum absolute atomic E-state index is 0.371. The van der Waals surface area contributed by atoms with Crippen LogP contribution in [0, 0.1) is 13.8 Å². The summed E-state index contributed by atoms with van der Waals surface area (Å²) in [6.07, 6.45) is 1.59. The number of hydrogen-bond donors (Lipinski definition) is 2. The summed E-state index contributed by atoms with van der Waals surface area (Å²) in [5.74, 6) is -0.965. The van der Waals surface area contributed by atoms with E-state index in [9.17, 15) is 14.4 Å². The van der Waals surface area contributed by atoms with Gasteiger partial charge in [-0.1, -0.05) is 18.2 Å². The minimum atomic E-state index is -0.646. The zero-order chi connectivity index (χ0) is 20.8. The summed E-state index contributed by atoms with van der Waals surface area (Å²) in [6, 6.07) is 13.8. The van der Waals surface area contributed by atoms with E-state index in [4.69, 9.17) is 9.15 Å². The van der Waals surface area contributed by atoms with Crippen LogP contribution in [0.1, 0.15) is 37.9 Å². The molecule has 0 spiro atoms. The molecule has 3 aromatic rings. The Morgan fingerprint density at radius 2 is 1.79 bits per heavy atom. The molecule has 2 N–H and O–H groups in total. The number of rotatable bonds is 6. The van der Waals surface area contributed by atoms with E-state index < -0.39 is 24.4 Å². The molecular formula is C21H21N3O5. The molecule has 0 bridgehead atoms. The topological polar surface area (TPSA) is 103 Å². The molecule has 8 nitrogen and oxygen atoms in total. The molecule has 0 aliphatic carbocycles. The second kappa shape index (κ2) is 8.92. The number of aromatic nitrogens is 1. The molecule has 8 heteroatoms. The highest BCUT2D eigenvalue weighted by molar-refractivity contribution is 5.96. The van der Waals surface area contributed by atoms with Crippen molar-refractivity contribution in [3.05, 3.63) is 83.1 Å². The molecule has 0 saturated heterocycles. The third-order valence-corrected chi connectivity index (χ3v) is 4.37. The Bertz CT molecular complexity index is 1010. The summed E-state index contributed by atoms with van der Waals surface area (Å²) in [7, 11) is 0. The lowest BCUT2D eigenvalue weighted by Gasteiger charge is -2.09. The van der Waals surface area contributed by atoms with E-state index in [0.29, 0.717) is 23.4 Å². The molecule has 0 unspecified atom stereocenters. The second-order valence-corrected chi connectivity index (χ2v) is 6.39. The monoisotopic (exact) mass is 395 g/mol. The van der Waals surface area contributed by atoms with Crippen molar-refractivity contribution >= 4 is 17.8 Å². The van der Waals surface area contributed by atoms with Gasteiger partial charge >= 0.3 is 5.97 Å². The van der Waals surface area contributed by atoms with Crippen molar-refractivity contribution in [1.29, 1.82) is 0 Å². The van der Waals surface area contributed by atoms with E-state index in [2.05, 4.69) is 10.9 Å². The maximum absolute atomic E-state index is 12.4. The van der Waals surface area contributed by atoms with Crippen LogP contribution >= 0.6 is 0 Å². The number of benzene rings is 1. The highest BCUT2D eigenvalue weighted by atomic mass is 16.5. The number of nitrogens with zero attached hydrogens (tertiary/aromatic N) is 1. The van der Waals surface area contributed by atoms with Crippen molar-refractivity contribution in [3.63, 3.8) is 0 Å². The van der Waals surface area contributed by atoms with Crippen LogP contribution in [0.5, 0.6) is 0 Å². The lowest BCUT2D eigenvalue weighted by atomic mass is 10.2. The Morgan fingerprint density at radius 3 is 2.48 bits per heavy atom. The van der Waals surface area contributed by atoms with Gasteiger partial charge in [-0.2, -0.15) is 0 Å². The van der Waals surface area contributed by atoms with Crippen LogP contribution in [0.2, 0.25) is 0 Å². The van der Waals surface area contributed by atoms with Gasteiger partial charge in [-0.05, 0) is 44.2 Å². The Labute approximate surface area is 167 Å². The van der Waals surface area contributed by atoms with Gasteiger partial charge in [-0.15, -0.1) is 0 Å². The maximum atomic E-state index is 12.4. The summed E-state index contributed by atoms with van der Waals surface area (Å²) >= 11 is 0. The van der Waals surface area contributed by atoms with Crippen LogP contribution in [0.25, 0.3) is 0 Å². The Morgan fingerprint density at radius 1 is 1.03 bits per heavy atom. The van der Waals surface area contributed by atoms with E-state index >= 15 is 0 Å². The molecule has 2 heterocycles. The van der Waals surface area contributed by atoms with Gasteiger partial charge in [0.15, 0.2) is 6.61 Å². The molecule has 0 radical (unpaired) electrons. The highest BCUT2D eigenvalue weighted by Crippen LogP contribution is 2.18. The Hall–Kier alpha value is -3.81. The maximum Gasteiger partial charge on any atom is 0.340 e. The number of ether oxygens (including phenoxy) is 1. The summed E-state index contributed by atoms with van der Waals surface area (Å²) in [5, 5.41) is 0. The molecule has 2 amide bonds. The average molecular weight is 395 g/mol. The molecule has 150 valence electrons. The first-order valence-corrected chi connectivity index (χ1v) is 8.96. The zero-order valence-corrected chi connectivity index (χ0v) is 16.1. The van der Waals surface area contributed by atoms with E-state index in [0.717, 1.165) is 11.5 Å². The van der Waals surface area contributed by atoms with E-state index in [-0.39, 0.29) is 0 Å². The summed E-state index contributed by atoms with van der Waals surface area (Å²) < 4.78 is 12.3. The fourth-order valence-electron chi connectivity index (χ4n) is 2.84. The molecule has 0 aliphatic rings. The van der Waals surface area contributed by atoms with Crippen molar-refractivity contribution < 1.29 is 23.5 Å². The lowest BCUT2D eigenvalue weighted by molar-refractivity contribution is -0.125. The van der Waals surface area contributed by atoms with Gasteiger partial charge in [-0.3, -0.25) is 20.4 Å². The van der Waals surface area contributed by atoms with Gasteiger partial charge in [0.25, 0.3) is 11.8 Å². The van der Waals surface area contributed by atoms with Crippen molar-refractivity contribution in [2.75, 3.05) is 6.61 Å². The molecule has 29 heavy (non-hydrogen) atoms. The number of hydrazine groups is 1. The number of amides is 2. The first kappa shape index (κ1) is 19.9. The molecule has 2 aromatic heterocycles. The van der Waals surface area contributed by atoms with Crippen molar-refractivity contribution in [3.8, 4) is 0 Å². The number of nitrogens with one attached hydrogen (secondary N) is 2. The van der Waals surface area contributed by atoms with E-state index in [1.165, 1.54) is 0 Å². The smallest absolute Gasteiger partial charge is 0.340 e. The van der Waals surface area contributed by atoms with Crippen LogP contribution < -0.4 is 10.9 Å². The van der Waals surface area contributed by atoms with E-state index in [1.807, 2.05) is 17.6 Å². The fraction of sp³-hybridized carbons (Fsp3) is 0.190. The van der Waals surface area contributed by atoms with Gasteiger partial charge in [0, 0.05) is 17.0 Å². The van der Waals surface area contributed by atoms with Crippen molar-refractivity contribution in [1.82, 2.24) is 15.4 Å². The predicted octanol–water partition coefficient (Wildman–Crippen LogP) is 2.36. The second-order valence-electron chi connectivity index (χ2n) is 6.39. The van der Waals surface area contributed by atoms with Crippen LogP contribution in [0.4, 0.5) is 0 Å². The van der Waals surface area contributed by atoms with Crippen LogP contribution in [-0.2, 0) is 16.1 Å². The fourth-order valence-corrected chi connectivity index (χ4v) is 2.84. The third kappa shape index (κ3) is 4.92. The zero-order valence-electron chi connectivity index (χ0n) is 16.1. The highest BCUT2D eigenvalue weighted by Gasteiger charge is 2.19. The van der Waals surface area contributed by atoms with Gasteiger partial charge in [0.1, 0.15) is 5.76 Å². The molecule has 0 fully saturated rings. The van der Waals surface area contributed by atoms with Crippen molar-refractivity contribution in [2.45, 2.75) is 20.4 Å². The average Bonchev–Trinajstić information content (AvgIpc) is 3.34. The largest absolute Gasteiger partial charge is 0.467 e. The number of carbonyl (C=O) groups is 3. The van der Waals surface area contributed by atoms with Gasteiger partial charge in [0.2, 0.25) is 0 Å². The summed E-state index contributed by atoms with van der Waals surface area (Å²) in [4.78, 5) is 36.1. The minimum Gasteiger partial charge on any atom is -0.467 e. The summed E-state index contributed by atoms with van der Waals surface area (Å²) in [6.45, 7) is 3.64. The lowest BCUT2D eigenvalue weighted by Crippen LogP contribution is -2.43. The van der Waals surface area contributed by atoms with Crippen LogP contribution in [0.3, 0.4) is 0 Å². The molecular weight excluding hydrogens is 374 g/mol.